The summed E-state index contributed by atoms with van der Waals surface area (Å²) in [4.78, 5) is 13.4. The Bertz CT molecular complexity index is 333. The largest absolute Gasteiger partial charge is 0.298 e. The van der Waals surface area contributed by atoms with Gasteiger partial charge >= 0.3 is 0 Å². The van der Waals surface area contributed by atoms with Crippen molar-refractivity contribution >= 4 is 11.7 Å². The van der Waals surface area contributed by atoms with Crippen LogP contribution < -0.4 is 4.90 Å². The van der Waals surface area contributed by atoms with Crippen molar-refractivity contribution in [2.75, 3.05) is 11.9 Å². The predicted octanol–water partition coefficient (Wildman–Crippen LogP) is 2.35. The number of hydrogen-bond donors (Lipinski definition) is 0. The lowest BCUT2D eigenvalue weighted by Gasteiger charge is -2.13. The molecule has 4 heteroatoms. The highest BCUT2D eigenvalue weighted by Crippen LogP contribution is 2.11. The summed E-state index contributed by atoms with van der Waals surface area (Å²) >= 11 is 0. The Morgan fingerprint density at radius 3 is 2.75 bits per heavy atom. The fourth-order valence-corrected chi connectivity index (χ4v) is 1.58. The van der Waals surface area contributed by atoms with Gasteiger partial charge in [-0.2, -0.15) is 5.10 Å². The third-order valence-corrected chi connectivity index (χ3v) is 2.66. The van der Waals surface area contributed by atoms with E-state index in [0.717, 1.165) is 18.7 Å². The fraction of sp³-hybridized carbons (Fsp3) is 0.667. The lowest BCUT2D eigenvalue weighted by atomic mass is 10.1. The van der Waals surface area contributed by atoms with Crippen molar-refractivity contribution < 1.29 is 4.79 Å². The first-order valence-electron chi connectivity index (χ1n) is 5.91. The van der Waals surface area contributed by atoms with Crippen LogP contribution in [0, 0.1) is 0 Å². The molecule has 1 rings (SSSR count). The highest BCUT2D eigenvalue weighted by atomic mass is 16.2. The number of unbranched alkanes of at least 4 members (excludes halogenated alkanes) is 3. The molecular weight excluding hydrogens is 202 g/mol. The van der Waals surface area contributed by atoms with Crippen LogP contribution in [0.4, 0.5) is 5.82 Å². The van der Waals surface area contributed by atoms with Crippen LogP contribution in [-0.4, -0.2) is 22.7 Å². The van der Waals surface area contributed by atoms with Gasteiger partial charge in [0, 0.05) is 32.8 Å². The molecule has 0 aliphatic carbocycles. The smallest absolute Gasteiger partial charge is 0.227 e. The van der Waals surface area contributed by atoms with E-state index >= 15 is 0 Å². The van der Waals surface area contributed by atoms with Crippen molar-refractivity contribution in [1.29, 1.82) is 0 Å². The monoisotopic (exact) mass is 223 g/mol. The van der Waals surface area contributed by atoms with Crippen LogP contribution in [0.15, 0.2) is 12.3 Å². The summed E-state index contributed by atoms with van der Waals surface area (Å²) in [6, 6.07) is 1.85. The second-order valence-corrected chi connectivity index (χ2v) is 4.11. The standard InChI is InChI=1S/C12H21N3O/c1-4-5-6-7-8-12(16)15(3)11-9-10-14(2)13-11/h9-10H,4-8H2,1-3H3. The molecule has 0 spiro atoms. The maximum atomic E-state index is 11.8. The van der Waals surface area contributed by atoms with Gasteiger partial charge in [-0.25, -0.2) is 0 Å². The summed E-state index contributed by atoms with van der Waals surface area (Å²) in [5.74, 6) is 0.873. The van der Waals surface area contributed by atoms with Crippen molar-refractivity contribution in [2.45, 2.75) is 39.0 Å². The van der Waals surface area contributed by atoms with E-state index in [4.69, 9.17) is 0 Å². The first-order chi connectivity index (χ1) is 7.65. The van der Waals surface area contributed by atoms with Crippen LogP contribution in [0.1, 0.15) is 39.0 Å². The molecule has 0 atom stereocenters. The van der Waals surface area contributed by atoms with Crippen molar-refractivity contribution in [3.8, 4) is 0 Å². The van der Waals surface area contributed by atoms with Gasteiger partial charge in [0.15, 0.2) is 5.82 Å². The highest BCUT2D eigenvalue weighted by molar-refractivity contribution is 5.91. The third kappa shape index (κ3) is 3.68. The van der Waals surface area contributed by atoms with Crippen LogP contribution in [0.25, 0.3) is 0 Å². The minimum Gasteiger partial charge on any atom is -0.298 e. The number of carbonyl (C=O) groups is 1. The van der Waals surface area contributed by atoms with E-state index in [9.17, 15) is 4.79 Å². The van der Waals surface area contributed by atoms with E-state index in [1.807, 2.05) is 19.3 Å². The molecule has 16 heavy (non-hydrogen) atoms. The number of aromatic nitrogens is 2. The maximum Gasteiger partial charge on any atom is 0.227 e. The van der Waals surface area contributed by atoms with Gasteiger partial charge < -0.3 is 0 Å². The number of rotatable bonds is 6. The van der Waals surface area contributed by atoms with Crippen LogP contribution in [-0.2, 0) is 11.8 Å². The molecule has 1 heterocycles. The highest BCUT2D eigenvalue weighted by Gasteiger charge is 2.12. The topological polar surface area (TPSA) is 38.1 Å². The Hall–Kier alpha value is -1.32. The zero-order chi connectivity index (χ0) is 12.0. The van der Waals surface area contributed by atoms with E-state index in [2.05, 4.69) is 12.0 Å². The lowest BCUT2D eigenvalue weighted by Crippen LogP contribution is -2.26. The molecule has 0 radical (unpaired) electrons. The van der Waals surface area contributed by atoms with E-state index in [0.29, 0.717) is 6.42 Å². The minimum atomic E-state index is 0.148. The van der Waals surface area contributed by atoms with Gasteiger partial charge in [0.2, 0.25) is 5.91 Å². The Balaban J connectivity index is 2.36. The summed E-state index contributed by atoms with van der Waals surface area (Å²) < 4.78 is 1.70. The average Bonchev–Trinajstić information content (AvgIpc) is 2.70. The Morgan fingerprint density at radius 1 is 1.44 bits per heavy atom. The molecule has 0 aliphatic rings. The molecule has 1 amide bonds. The molecule has 0 aromatic carbocycles. The SMILES string of the molecule is CCCCCCC(=O)N(C)c1ccn(C)n1. The van der Waals surface area contributed by atoms with Gasteiger partial charge in [0.1, 0.15) is 0 Å². The lowest BCUT2D eigenvalue weighted by molar-refractivity contribution is -0.118. The van der Waals surface area contributed by atoms with E-state index in [1.54, 1.807) is 16.6 Å². The summed E-state index contributed by atoms with van der Waals surface area (Å²) in [5.41, 5.74) is 0. The minimum absolute atomic E-state index is 0.148. The summed E-state index contributed by atoms with van der Waals surface area (Å²) in [7, 11) is 3.63. The normalized spacial score (nSPS) is 10.4. The van der Waals surface area contributed by atoms with E-state index in [1.165, 1.54) is 12.8 Å². The van der Waals surface area contributed by atoms with Gasteiger partial charge in [-0.15, -0.1) is 0 Å². The van der Waals surface area contributed by atoms with Crippen LogP contribution in [0.3, 0.4) is 0 Å². The van der Waals surface area contributed by atoms with Gasteiger partial charge in [-0.1, -0.05) is 26.2 Å². The molecule has 0 unspecified atom stereocenters. The van der Waals surface area contributed by atoms with Crippen LogP contribution in [0.2, 0.25) is 0 Å². The van der Waals surface area contributed by atoms with Crippen LogP contribution >= 0.6 is 0 Å². The molecule has 1 aromatic heterocycles. The summed E-state index contributed by atoms with van der Waals surface area (Å²) in [5, 5.41) is 4.20. The van der Waals surface area contributed by atoms with Crippen molar-refractivity contribution in [1.82, 2.24) is 9.78 Å². The second kappa shape index (κ2) is 6.30. The first kappa shape index (κ1) is 12.7. The summed E-state index contributed by atoms with van der Waals surface area (Å²) in [6.45, 7) is 2.17. The van der Waals surface area contributed by atoms with Crippen molar-refractivity contribution in [3.63, 3.8) is 0 Å². The number of amides is 1. The van der Waals surface area contributed by atoms with E-state index in [-0.39, 0.29) is 5.91 Å². The van der Waals surface area contributed by atoms with E-state index < -0.39 is 0 Å². The van der Waals surface area contributed by atoms with Crippen LogP contribution in [0.5, 0.6) is 0 Å². The van der Waals surface area contributed by atoms with Gasteiger partial charge in [-0.3, -0.25) is 14.4 Å². The molecule has 0 saturated heterocycles. The number of nitrogens with zero attached hydrogens (tertiary/aromatic N) is 3. The molecular formula is C12H21N3O. The summed E-state index contributed by atoms with van der Waals surface area (Å²) in [6.07, 6.45) is 6.98. The number of aryl methyl sites for hydroxylation is 1. The second-order valence-electron chi connectivity index (χ2n) is 4.11. The average molecular weight is 223 g/mol. The Labute approximate surface area is 97.2 Å². The van der Waals surface area contributed by atoms with Gasteiger partial charge in [0.05, 0.1) is 0 Å². The van der Waals surface area contributed by atoms with Crippen molar-refractivity contribution in [3.05, 3.63) is 12.3 Å². The molecule has 0 bridgehead atoms. The number of hydrogen-bond acceptors (Lipinski definition) is 2. The molecule has 0 saturated carbocycles. The third-order valence-electron chi connectivity index (χ3n) is 2.66. The first-order valence-corrected chi connectivity index (χ1v) is 5.91. The van der Waals surface area contributed by atoms with Gasteiger partial charge in [-0.05, 0) is 6.42 Å². The zero-order valence-electron chi connectivity index (χ0n) is 10.4. The molecule has 0 aliphatic heterocycles. The Morgan fingerprint density at radius 2 is 2.19 bits per heavy atom. The molecule has 0 N–H and O–H groups in total. The molecule has 1 aromatic rings. The molecule has 0 fully saturated rings. The predicted molar refractivity (Wildman–Crippen MR) is 65.4 cm³/mol. The number of anilines is 1. The number of carbonyl (C=O) groups excluding carboxylic acids is 1. The van der Waals surface area contributed by atoms with Gasteiger partial charge in [0.25, 0.3) is 0 Å². The molecule has 90 valence electrons. The maximum absolute atomic E-state index is 11.8. The fourth-order valence-electron chi connectivity index (χ4n) is 1.58. The quantitative estimate of drug-likeness (QED) is 0.694. The molecule has 4 nitrogen and oxygen atoms in total. The zero-order valence-corrected chi connectivity index (χ0v) is 10.4. The Kier molecular flexibility index (Phi) is 5.02. The van der Waals surface area contributed by atoms with Crippen molar-refractivity contribution in [2.24, 2.45) is 7.05 Å².